The van der Waals surface area contributed by atoms with Crippen LogP contribution in [0.2, 0.25) is 0 Å². The Balaban J connectivity index is 1.58. The highest BCUT2D eigenvalue weighted by Crippen LogP contribution is 2.64. The summed E-state index contributed by atoms with van der Waals surface area (Å²) in [5, 5.41) is 0. The first-order valence-electron chi connectivity index (χ1n) is 8.48. The van der Waals surface area contributed by atoms with Crippen LogP contribution < -0.4 is 9.47 Å². The fraction of sp³-hybridized carbons (Fsp3) is 0.611. The van der Waals surface area contributed by atoms with Crippen LogP contribution in [-0.4, -0.2) is 28.0 Å². The van der Waals surface area contributed by atoms with Gasteiger partial charge in [-0.1, -0.05) is 18.9 Å². The van der Waals surface area contributed by atoms with Crippen molar-refractivity contribution in [3.8, 4) is 11.5 Å². The molecule has 2 saturated carbocycles. The minimum Gasteiger partial charge on any atom is -0.454 e. The monoisotopic (exact) mass is 369 g/mol. The molecule has 2 fully saturated rings. The summed E-state index contributed by atoms with van der Waals surface area (Å²) in [5.74, 6) is 1.57. The third-order valence-corrected chi connectivity index (χ3v) is 6.65. The fourth-order valence-corrected chi connectivity index (χ4v) is 4.46. The molecule has 6 heteroatoms. The molecule has 2 aliphatic carbocycles. The van der Waals surface area contributed by atoms with Crippen molar-refractivity contribution in [1.82, 2.24) is 4.90 Å². The number of benzene rings is 1. The zero-order valence-corrected chi connectivity index (χ0v) is 15.2. The Morgan fingerprint density at radius 3 is 2.58 bits per heavy atom. The van der Waals surface area contributed by atoms with E-state index >= 15 is 0 Å². The van der Waals surface area contributed by atoms with Crippen molar-refractivity contribution in [1.29, 1.82) is 0 Å². The lowest BCUT2D eigenvalue weighted by Crippen LogP contribution is -2.43. The van der Waals surface area contributed by atoms with Crippen LogP contribution in [0.1, 0.15) is 44.6 Å². The SMILES string of the molecule is CC1(C(=O)N(Cc2ccc3c(c2)OCO3)C2CCCC2)CC1(Cl)Cl. The van der Waals surface area contributed by atoms with Crippen molar-refractivity contribution in [2.45, 2.75) is 55.9 Å². The predicted molar refractivity (Wildman–Crippen MR) is 92.5 cm³/mol. The van der Waals surface area contributed by atoms with Crippen molar-refractivity contribution in [2.24, 2.45) is 5.41 Å². The van der Waals surface area contributed by atoms with E-state index < -0.39 is 9.75 Å². The van der Waals surface area contributed by atoms with Gasteiger partial charge in [-0.2, -0.15) is 0 Å². The van der Waals surface area contributed by atoms with E-state index in [0.29, 0.717) is 13.0 Å². The molecule has 1 aliphatic heterocycles. The molecule has 1 unspecified atom stereocenters. The number of carbonyl (C=O) groups is 1. The van der Waals surface area contributed by atoms with E-state index in [-0.39, 0.29) is 18.7 Å². The van der Waals surface area contributed by atoms with Crippen LogP contribution in [0.4, 0.5) is 0 Å². The number of hydrogen-bond donors (Lipinski definition) is 0. The highest BCUT2D eigenvalue weighted by molar-refractivity contribution is 6.53. The van der Waals surface area contributed by atoms with Gasteiger partial charge in [0.1, 0.15) is 4.33 Å². The van der Waals surface area contributed by atoms with Crippen LogP contribution in [-0.2, 0) is 11.3 Å². The molecule has 1 aromatic rings. The van der Waals surface area contributed by atoms with Gasteiger partial charge < -0.3 is 14.4 Å². The van der Waals surface area contributed by atoms with Crippen LogP contribution in [0.5, 0.6) is 11.5 Å². The molecule has 1 heterocycles. The molecule has 0 spiro atoms. The lowest BCUT2D eigenvalue weighted by Gasteiger charge is -2.32. The van der Waals surface area contributed by atoms with E-state index in [4.69, 9.17) is 32.7 Å². The molecule has 1 aromatic carbocycles. The second kappa shape index (κ2) is 5.70. The Kier molecular flexibility index (Phi) is 3.88. The highest BCUT2D eigenvalue weighted by Gasteiger charge is 2.69. The zero-order valence-electron chi connectivity index (χ0n) is 13.7. The number of carbonyl (C=O) groups excluding carboxylic acids is 1. The third-order valence-electron chi connectivity index (χ3n) is 5.55. The maximum Gasteiger partial charge on any atom is 0.232 e. The Morgan fingerprint density at radius 2 is 1.92 bits per heavy atom. The summed E-state index contributed by atoms with van der Waals surface area (Å²) in [6, 6.07) is 6.12. The van der Waals surface area contributed by atoms with Crippen LogP contribution in [0.3, 0.4) is 0 Å². The summed E-state index contributed by atoms with van der Waals surface area (Å²) in [5.41, 5.74) is 0.369. The molecule has 1 atom stereocenters. The number of alkyl halides is 2. The second-order valence-electron chi connectivity index (χ2n) is 7.27. The van der Waals surface area contributed by atoms with Crippen molar-refractivity contribution >= 4 is 29.1 Å². The average molecular weight is 370 g/mol. The maximum atomic E-state index is 13.2. The zero-order chi connectivity index (χ0) is 16.9. The Bertz CT molecular complexity index is 672. The molecular formula is C18H21Cl2NO3. The molecule has 3 aliphatic rings. The van der Waals surface area contributed by atoms with Crippen LogP contribution >= 0.6 is 23.2 Å². The van der Waals surface area contributed by atoms with Gasteiger partial charge in [0.25, 0.3) is 0 Å². The quantitative estimate of drug-likeness (QED) is 0.743. The molecular weight excluding hydrogens is 349 g/mol. The Hall–Kier alpha value is -1.13. The van der Waals surface area contributed by atoms with E-state index in [1.165, 1.54) is 12.8 Å². The predicted octanol–water partition coefficient (Wildman–Crippen LogP) is 4.27. The van der Waals surface area contributed by atoms with Crippen molar-refractivity contribution < 1.29 is 14.3 Å². The summed E-state index contributed by atoms with van der Waals surface area (Å²) in [7, 11) is 0. The smallest absolute Gasteiger partial charge is 0.232 e. The Labute approximate surface area is 152 Å². The van der Waals surface area contributed by atoms with E-state index in [1.807, 2.05) is 30.0 Å². The van der Waals surface area contributed by atoms with Gasteiger partial charge in [0.05, 0.1) is 5.41 Å². The van der Waals surface area contributed by atoms with E-state index in [2.05, 4.69) is 0 Å². The van der Waals surface area contributed by atoms with Gasteiger partial charge >= 0.3 is 0 Å². The Morgan fingerprint density at radius 1 is 1.25 bits per heavy atom. The van der Waals surface area contributed by atoms with Gasteiger partial charge in [-0.05, 0) is 43.9 Å². The topological polar surface area (TPSA) is 38.8 Å². The van der Waals surface area contributed by atoms with Gasteiger partial charge in [-0.3, -0.25) is 4.79 Å². The van der Waals surface area contributed by atoms with E-state index in [9.17, 15) is 4.79 Å². The number of amides is 1. The lowest BCUT2D eigenvalue weighted by atomic mass is 10.0. The third kappa shape index (κ3) is 2.64. The van der Waals surface area contributed by atoms with Gasteiger partial charge in [0, 0.05) is 12.6 Å². The number of fused-ring (bicyclic) bond motifs is 1. The summed E-state index contributed by atoms with van der Waals surface area (Å²) in [6.45, 7) is 2.68. The second-order valence-corrected chi connectivity index (χ2v) is 8.76. The highest BCUT2D eigenvalue weighted by atomic mass is 35.5. The lowest BCUT2D eigenvalue weighted by molar-refractivity contribution is -0.139. The van der Waals surface area contributed by atoms with Gasteiger partial charge in [-0.15, -0.1) is 23.2 Å². The normalized spacial score (nSPS) is 27.3. The minimum atomic E-state index is -0.935. The van der Waals surface area contributed by atoms with Crippen molar-refractivity contribution in [2.75, 3.05) is 6.79 Å². The van der Waals surface area contributed by atoms with Gasteiger partial charge in [0.2, 0.25) is 12.7 Å². The summed E-state index contributed by atoms with van der Waals surface area (Å²) in [4.78, 5) is 15.2. The van der Waals surface area contributed by atoms with Crippen LogP contribution in [0.25, 0.3) is 0 Å². The largest absolute Gasteiger partial charge is 0.454 e. The van der Waals surface area contributed by atoms with Crippen LogP contribution in [0, 0.1) is 5.41 Å². The number of ether oxygens (including phenoxy) is 2. The van der Waals surface area contributed by atoms with Gasteiger partial charge in [0.15, 0.2) is 11.5 Å². The first-order chi connectivity index (χ1) is 11.4. The molecule has 1 amide bonds. The number of rotatable bonds is 4. The first-order valence-corrected chi connectivity index (χ1v) is 9.24. The molecule has 0 aromatic heterocycles. The summed E-state index contributed by atoms with van der Waals surface area (Å²) in [6.07, 6.45) is 4.94. The molecule has 24 heavy (non-hydrogen) atoms. The molecule has 0 bridgehead atoms. The number of hydrogen-bond acceptors (Lipinski definition) is 3. The van der Waals surface area contributed by atoms with E-state index in [0.717, 1.165) is 29.9 Å². The summed E-state index contributed by atoms with van der Waals surface area (Å²) >= 11 is 12.5. The molecule has 4 rings (SSSR count). The first kappa shape index (κ1) is 16.3. The molecule has 0 N–H and O–H groups in total. The standard InChI is InChI=1S/C18H21Cl2NO3/c1-17(10-18(17,19)20)16(22)21(13-4-2-3-5-13)9-12-6-7-14-15(8-12)24-11-23-14/h6-8,13H,2-5,9-11H2,1H3. The van der Waals surface area contributed by atoms with Gasteiger partial charge in [-0.25, -0.2) is 0 Å². The van der Waals surface area contributed by atoms with E-state index in [1.54, 1.807) is 0 Å². The van der Waals surface area contributed by atoms with Crippen molar-refractivity contribution in [3.05, 3.63) is 23.8 Å². The minimum absolute atomic E-state index is 0.0667. The number of halogens is 2. The maximum absolute atomic E-state index is 13.2. The van der Waals surface area contributed by atoms with Crippen molar-refractivity contribution in [3.63, 3.8) is 0 Å². The molecule has 130 valence electrons. The average Bonchev–Trinajstić information content (AvgIpc) is 3.05. The molecule has 0 saturated heterocycles. The molecule has 4 nitrogen and oxygen atoms in total. The van der Waals surface area contributed by atoms with Crippen LogP contribution in [0.15, 0.2) is 18.2 Å². The number of nitrogens with zero attached hydrogens (tertiary/aromatic N) is 1. The molecule has 0 radical (unpaired) electrons. The fourth-order valence-electron chi connectivity index (χ4n) is 3.77. The summed E-state index contributed by atoms with van der Waals surface area (Å²) < 4.78 is 9.88.